The van der Waals surface area contributed by atoms with Crippen LogP contribution in [0.1, 0.15) is 34.6 Å². The van der Waals surface area contributed by atoms with Gasteiger partial charge in [0.1, 0.15) is 0 Å². The second kappa shape index (κ2) is 12.4. The van der Waals surface area contributed by atoms with Gasteiger partial charge in [0, 0.05) is 11.1 Å². The maximum atomic E-state index is 14.1. The summed E-state index contributed by atoms with van der Waals surface area (Å²) in [5, 5.41) is 20.7. The minimum Gasteiger partial charge on any atom is -0.503 e. The molecule has 0 bridgehead atoms. The number of fused-ring (bicyclic) bond motifs is 1. The van der Waals surface area contributed by atoms with Crippen molar-refractivity contribution in [2.24, 2.45) is 0 Å². The number of aliphatic hydroxyl groups is 1. The first kappa shape index (κ1) is 29.3. The molecule has 2 aromatic heterocycles. The molecular formula is C32H27N3O7S2. The number of thioether (sulfide) groups is 1. The van der Waals surface area contributed by atoms with Crippen LogP contribution >= 0.6 is 23.1 Å². The van der Waals surface area contributed by atoms with Crippen molar-refractivity contribution >= 4 is 50.9 Å². The van der Waals surface area contributed by atoms with Crippen molar-refractivity contribution in [3.05, 3.63) is 101 Å². The van der Waals surface area contributed by atoms with Gasteiger partial charge in [-0.2, -0.15) is 0 Å². The molecule has 1 aliphatic rings. The summed E-state index contributed by atoms with van der Waals surface area (Å²) in [4.78, 5) is 29.1. The maximum absolute atomic E-state index is 14.1. The van der Waals surface area contributed by atoms with Crippen molar-refractivity contribution in [1.82, 2.24) is 10.2 Å². The van der Waals surface area contributed by atoms with E-state index in [-0.39, 0.29) is 16.5 Å². The molecule has 0 spiro atoms. The lowest BCUT2D eigenvalue weighted by atomic mass is 9.95. The number of Topliss-reactive ketones (excluding diaryl/α,β-unsaturated/α-hetero) is 1. The number of benzene rings is 3. The van der Waals surface area contributed by atoms with Crippen LogP contribution in [0.4, 0.5) is 5.13 Å². The number of carbonyl (C=O) groups is 2. The Labute approximate surface area is 260 Å². The highest BCUT2D eigenvalue weighted by atomic mass is 32.2. The molecule has 3 heterocycles. The number of nitrogens with zero attached hydrogens (tertiary/aromatic N) is 3. The first-order chi connectivity index (χ1) is 21.4. The standard InChI is InChI=1S/C32H27N3O7S2/c1-4-41-21-14-13-19(15-23(21)40-3)26-25(27(36)24-16-20-11-8-12-22(39-2)29(20)42-24)28(37)30(38)35(26)31-33-34-32(44-31)43-17-18-9-6-5-7-10-18/h5-16,26,37H,4,17H2,1-3H3. The fourth-order valence-corrected chi connectivity index (χ4v) is 6.82. The number of para-hydroxylation sites is 1. The van der Waals surface area contributed by atoms with Crippen molar-refractivity contribution in [2.75, 3.05) is 25.7 Å². The number of carbonyl (C=O) groups excluding carboxylic acids is 2. The molecule has 5 aromatic rings. The van der Waals surface area contributed by atoms with Gasteiger partial charge in [0.25, 0.3) is 5.91 Å². The number of rotatable bonds is 11. The van der Waals surface area contributed by atoms with E-state index >= 15 is 0 Å². The summed E-state index contributed by atoms with van der Waals surface area (Å²) >= 11 is 2.67. The summed E-state index contributed by atoms with van der Waals surface area (Å²) < 4.78 is 23.2. The summed E-state index contributed by atoms with van der Waals surface area (Å²) in [5.74, 6) is -0.185. The molecule has 10 nitrogen and oxygen atoms in total. The van der Waals surface area contributed by atoms with E-state index < -0.39 is 23.5 Å². The fourth-order valence-electron chi connectivity index (χ4n) is 5.00. The third kappa shape index (κ3) is 5.38. The van der Waals surface area contributed by atoms with Crippen LogP contribution in [0.2, 0.25) is 0 Å². The summed E-state index contributed by atoms with van der Waals surface area (Å²) in [5.41, 5.74) is 1.82. The van der Waals surface area contributed by atoms with Gasteiger partial charge in [-0.3, -0.25) is 14.5 Å². The molecule has 12 heteroatoms. The SMILES string of the molecule is CCOc1ccc(C2C(C(=O)c3cc4cccc(OC)c4o3)=C(O)C(=O)N2c2nnc(SCc3ccccc3)s2)cc1OC. The Balaban J connectivity index is 1.41. The molecular weight excluding hydrogens is 603 g/mol. The number of methoxy groups -OCH3 is 2. The van der Waals surface area contributed by atoms with Crippen molar-refractivity contribution in [2.45, 2.75) is 23.1 Å². The normalized spacial score (nSPS) is 14.8. The zero-order chi connectivity index (χ0) is 30.8. The highest BCUT2D eigenvalue weighted by Gasteiger charge is 2.47. The molecule has 0 fully saturated rings. The summed E-state index contributed by atoms with van der Waals surface area (Å²) in [7, 11) is 3.01. The number of ether oxygens (including phenoxy) is 3. The van der Waals surface area contributed by atoms with Crippen LogP contribution in [0.3, 0.4) is 0 Å². The van der Waals surface area contributed by atoms with Crippen LogP contribution in [-0.2, 0) is 10.5 Å². The van der Waals surface area contributed by atoms with E-state index in [4.69, 9.17) is 18.6 Å². The molecule has 6 rings (SSSR count). The molecule has 1 unspecified atom stereocenters. The van der Waals surface area contributed by atoms with Gasteiger partial charge in [-0.25, -0.2) is 0 Å². The Morgan fingerprint density at radius 3 is 2.55 bits per heavy atom. The molecule has 224 valence electrons. The Bertz CT molecular complexity index is 1880. The predicted molar refractivity (Wildman–Crippen MR) is 167 cm³/mol. The summed E-state index contributed by atoms with van der Waals surface area (Å²) in [6, 6.07) is 20.8. The Kier molecular flexibility index (Phi) is 8.27. The zero-order valence-electron chi connectivity index (χ0n) is 24.0. The molecule has 0 saturated carbocycles. The minimum absolute atomic E-state index is 0.0556. The van der Waals surface area contributed by atoms with Crippen molar-refractivity contribution in [3.63, 3.8) is 0 Å². The average molecular weight is 630 g/mol. The van der Waals surface area contributed by atoms with E-state index in [2.05, 4.69) is 10.2 Å². The number of hydrogen-bond donors (Lipinski definition) is 1. The van der Waals surface area contributed by atoms with Gasteiger partial charge in [-0.15, -0.1) is 10.2 Å². The average Bonchev–Trinajstić information content (AvgIpc) is 3.77. The second-order valence-electron chi connectivity index (χ2n) is 9.63. The maximum Gasteiger partial charge on any atom is 0.296 e. The number of aromatic nitrogens is 2. The van der Waals surface area contributed by atoms with E-state index in [1.54, 1.807) is 42.5 Å². The topological polar surface area (TPSA) is 124 Å². The summed E-state index contributed by atoms with van der Waals surface area (Å²) in [6.07, 6.45) is 0. The molecule has 0 radical (unpaired) electrons. The van der Waals surface area contributed by atoms with Gasteiger partial charge in [0.2, 0.25) is 10.9 Å². The highest BCUT2D eigenvalue weighted by molar-refractivity contribution is 8.00. The molecule has 1 N–H and O–H groups in total. The van der Waals surface area contributed by atoms with E-state index in [9.17, 15) is 14.7 Å². The van der Waals surface area contributed by atoms with Crippen molar-refractivity contribution in [1.29, 1.82) is 0 Å². The van der Waals surface area contributed by atoms with Crippen LogP contribution in [0.5, 0.6) is 17.2 Å². The Hall–Kier alpha value is -4.81. The van der Waals surface area contributed by atoms with Gasteiger partial charge >= 0.3 is 0 Å². The van der Waals surface area contributed by atoms with Crippen molar-refractivity contribution < 1.29 is 33.3 Å². The van der Waals surface area contributed by atoms with Crippen LogP contribution in [-0.4, -0.2) is 47.8 Å². The molecule has 44 heavy (non-hydrogen) atoms. The minimum atomic E-state index is -1.06. The van der Waals surface area contributed by atoms with E-state index in [1.807, 2.05) is 37.3 Å². The second-order valence-corrected chi connectivity index (χ2v) is 11.8. The molecule has 3 aromatic carbocycles. The number of furan rings is 1. The molecule has 1 atom stereocenters. The lowest BCUT2D eigenvalue weighted by Gasteiger charge is -2.24. The Morgan fingerprint density at radius 2 is 1.80 bits per heavy atom. The van der Waals surface area contributed by atoms with E-state index in [1.165, 1.54) is 42.2 Å². The fraction of sp³-hybridized carbons (Fsp3) is 0.188. The van der Waals surface area contributed by atoms with Crippen LogP contribution < -0.4 is 19.1 Å². The van der Waals surface area contributed by atoms with Gasteiger partial charge < -0.3 is 23.7 Å². The van der Waals surface area contributed by atoms with Gasteiger partial charge in [-0.1, -0.05) is 71.6 Å². The predicted octanol–water partition coefficient (Wildman–Crippen LogP) is 6.78. The van der Waals surface area contributed by atoms with E-state index in [0.29, 0.717) is 50.5 Å². The van der Waals surface area contributed by atoms with E-state index in [0.717, 1.165) is 5.56 Å². The quantitative estimate of drug-likeness (QED) is 0.0950. The first-order valence-electron chi connectivity index (χ1n) is 13.6. The van der Waals surface area contributed by atoms with Crippen LogP contribution in [0.25, 0.3) is 11.0 Å². The van der Waals surface area contributed by atoms with Gasteiger partial charge in [0.15, 0.2) is 38.7 Å². The molecule has 0 aliphatic carbocycles. The third-order valence-corrected chi connectivity index (χ3v) is 9.14. The number of hydrogen-bond acceptors (Lipinski definition) is 11. The number of ketones is 1. The monoisotopic (exact) mass is 629 g/mol. The van der Waals surface area contributed by atoms with Gasteiger partial charge in [-0.05, 0) is 42.3 Å². The number of aliphatic hydroxyl groups excluding tert-OH is 1. The number of amides is 1. The van der Waals surface area contributed by atoms with Crippen LogP contribution in [0.15, 0.2) is 92.9 Å². The zero-order valence-corrected chi connectivity index (χ0v) is 25.6. The lowest BCUT2D eigenvalue weighted by molar-refractivity contribution is -0.117. The van der Waals surface area contributed by atoms with Gasteiger partial charge in [0.05, 0.1) is 32.4 Å². The first-order valence-corrected chi connectivity index (χ1v) is 15.4. The summed E-state index contributed by atoms with van der Waals surface area (Å²) in [6.45, 7) is 2.27. The smallest absolute Gasteiger partial charge is 0.296 e. The van der Waals surface area contributed by atoms with Crippen LogP contribution in [0, 0.1) is 0 Å². The molecule has 1 amide bonds. The molecule has 1 aliphatic heterocycles. The van der Waals surface area contributed by atoms with Crippen molar-refractivity contribution in [3.8, 4) is 17.2 Å². The lowest BCUT2D eigenvalue weighted by Crippen LogP contribution is -2.31. The largest absolute Gasteiger partial charge is 0.503 e. The third-order valence-electron chi connectivity index (χ3n) is 7.01. The number of anilines is 1. The Morgan fingerprint density at radius 1 is 1.00 bits per heavy atom. The highest BCUT2D eigenvalue weighted by Crippen LogP contribution is 2.46. The molecule has 0 saturated heterocycles.